The van der Waals surface area contributed by atoms with E-state index >= 15 is 0 Å². The molecule has 0 bridgehead atoms. The molecule has 2 N–H and O–H groups in total. The van der Waals surface area contributed by atoms with Crippen LogP contribution < -0.4 is 4.72 Å². The Balaban J connectivity index is 3.19. The van der Waals surface area contributed by atoms with E-state index in [9.17, 15) is 23.3 Å². The molecule has 0 aromatic heterocycles. The monoisotopic (exact) mass is 336 g/mol. The van der Waals surface area contributed by atoms with Gasteiger partial charge in [-0.1, -0.05) is 18.5 Å². The molecular formula is C11H13ClN2O6S. The summed E-state index contributed by atoms with van der Waals surface area (Å²) in [5, 5.41) is 19.6. The molecule has 0 heterocycles. The van der Waals surface area contributed by atoms with E-state index in [2.05, 4.69) is 4.72 Å². The summed E-state index contributed by atoms with van der Waals surface area (Å²) in [4.78, 5) is 20.1. The molecule has 0 fully saturated rings. The van der Waals surface area contributed by atoms with Gasteiger partial charge in [0.15, 0.2) is 4.90 Å². The van der Waals surface area contributed by atoms with Crippen LogP contribution in [0.5, 0.6) is 0 Å². The molecule has 0 aliphatic carbocycles. The molecule has 0 aliphatic heterocycles. The predicted molar refractivity (Wildman–Crippen MR) is 74.8 cm³/mol. The zero-order valence-electron chi connectivity index (χ0n) is 10.9. The highest BCUT2D eigenvalue weighted by molar-refractivity contribution is 7.89. The van der Waals surface area contributed by atoms with E-state index in [1.807, 2.05) is 0 Å². The summed E-state index contributed by atoms with van der Waals surface area (Å²) in [5.74, 6) is -1.17. The molecule has 0 spiro atoms. The lowest BCUT2D eigenvalue weighted by Gasteiger charge is -2.15. The van der Waals surface area contributed by atoms with Crippen LogP contribution in [0.15, 0.2) is 23.1 Å². The van der Waals surface area contributed by atoms with Gasteiger partial charge >= 0.3 is 5.97 Å². The summed E-state index contributed by atoms with van der Waals surface area (Å²) in [6.07, 6.45) is -0.190. The van der Waals surface area contributed by atoms with Crippen LogP contribution in [0.1, 0.15) is 19.8 Å². The first kappa shape index (κ1) is 17.3. The molecule has 0 radical (unpaired) electrons. The second-order valence-corrected chi connectivity index (χ2v) is 6.31. The van der Waals surface area contributed by atoms with E-state index in [0.29, 0.717) is 0 Å². The van der Waals surface area contributed by atoms with Crippen molar-refractivity contribution in [3.05, 3.63) is 33.3 Å². The Hall–Kier alpha value is -1.71. The Morgan fingerprint density at radius 3 is 2.62 bits per heavy atom. The van der Waals surface area contributed by atoms with Crippen LogP contribution in [0.4, 0.5) is 5.69 Å². The number of nitro benzene ring substituents is 1. The predicted octanol–water partition coefficient (Wildman–Crippen LogP) is 1.78. The van der Waals surface area contributed by atoms with E-state index in [1.165, 1.54) is 6.07 Å². The van der Waals surface area contributed by atoms with Crippen molar-refractivity contribution in [3.8, 4) is 0 Å². The molecule has 0 aliphatic rings. The Bertz CT molecular complexity index is 661. The third-order valence-corrected chi connectivity index (χ3v) is 4.45. The number of hydrogen-bond acceptors (Lipinski definition) is 5. The van der Waals surface area contributed by atoms with E-state index in [0.717, 1.165) is 12.1 Å². The van der Waals surface area contributed by atoms with Crippen molar-refractivity contribution in [1.82, 2.24) is 4.72 Å². The fourth-order valence-corrected chi connectivity index (χ4v) is 3.26. The fourth-order valence-electron chi connectivity index (χ4n) is 1.62. The second-order valence-electron chi connectivity index (χ2n) is 4.19. The minimum atomic E-state index is -4.22. The van der Waals surface area contributed by atoms with Gasteiger partial charge in [-0.2, -0.15) is 0 Å². The van der Waals surface area contributed by atoms with E-state index in [-0.39, 0.29) is 11.4 Å². The van der Waals surface area contributed by atoms with Crippen molar-refractivity contribution in [2.24, 2.45) is 0 Å². The maximum Gasteiger partial charge on any atom is 0.304 e. The third kappa shape index (κ3) is 4.66. The molecule has 8 nitrogen and oxygen atoms in total. The number of hydrogen-bond donors (Lipinski definition) is 2. The van der Waals surface area contributed by atoms with Gasteiger partial charge in [0.1, 0.15) is 0 Å². The first-order chi connectivity index (χ1) is 9.67. The summed E-state index contributed by atoms with van der Waals surface area (Å²) >= 11 is 5.62. The average molecular weight is 337 g/mol. The Labute approximate surface area is 125 Å². The minimum absolute atomic E-state index is 0.0261. The maximum absolute atomic E-state index is 12.2. The number of halogens is 1. The summed E-state index contributed by atoms with van der Waals surface area (Å²) in [5.41, 5.74) is -0.667. The molecule has 0 saturated carbocycles. The van der Waals surface area contributed by atoms with Crippen LogP contribution in [0, 0.1) is 10.1 Å². The average Bonchev–Trinajstić information content (AvgIpc) is 2.36. The van der Waals surface area contributed by atoms with Crippen LogP contribution in [0.3, 0.4) is 0 Å². The summed E-state index contributed by atoms with van der Waals surface area (Å²) in [6.45, 7) is 1.60. The van der Waals surface area contributed by atoms with Gasteiger partial charge in [0.05, 0.1) is 11.3 Å². The summed E-state index contributed by atoms with van der Waals surface area (Å²) in [7, 11) is -4.22. The van der Waals surface area contributed by atoms with Gasteiger partial charge in [-0.05, 0) is 18.6 Å². The third-order valence-electron chi connectivity index (χ3n) is 2.64. The molecular weight excluding hydrogens is 324 g/mol. The van der Waals surface area contributed by atoms with Crippen LogP contribution in [-0.4, -0.2) is 30.5 Å². The van der Waals surface area contributed by atoms with Gasteiger partial charge in [-0.25, -0.2) is 13.1 Å². The number of nitrogens with one attached hydrogen (secondary N) is 1. The van der Waals surface area contributed by atoms with E-state index < -0.39 is 44.0 Å². The number of carboxylic acid groups (broad SMARTS) is 1. The van der Waals surface area contributed by atoms with Gasteiger partial charge in [0.2, 0.25) is 10.0 Å². The number of rotatable bonds is 7. The lowest BCUT2D eigenvalue weighted by molar-refractivity contribution is -0.387. The van der Waals surface area contributed by atoms with Crippen LogP contribution in [0.25, 0.3) is 0 Å². The number of benzene rings is 1. The number of sulfonamides is 1. The zero-order valence-corrected chi connectivity index (χ0v) is 12.5. The molecule has 0 amide bonds. The molecule has 10 heteroatoms. The second kappa shape index (κ2) is 6.83. The van der Waals surface area contributed by atoms with E-state index in [4.69, 9.17) is 16.7 Å². The molecule has 1 aromatic carbocycles. The summed E-state index contributed by atoms with van der Waals surface area (Å²) in [6, 6.07) is 2.29. The van der Waals surface area contributed by atoms with Crippen LogP contribution >= 0.6 is 11.6 Å². The number of carboxylic acids is 1. The highest BCUT2D eigenvalue weighted by atomic mass is 35.5. The molecule has 1 unspecified atom stereocenters. The standard InChI is InChI=1S/C11H13ClN2O6S/c1-2-8(6-11(15)16)13-21(19,20)10-4-3-7(12)5-9(10)14(17)18/h3-5,8,13H,2,6H2,1H3,(H,15,16). The normalized spacial score (nSPS) is 12.9. The molecule has 116 valence electrons. The smallest absolute Gasteiger partial charge is 0.304 e. The maximum atomic E-state index is 12.2. The molecule has 0 saturated heterocycles. The molecule has 1 atom stereocenters. The molecule has 21 heavy (non-hydrogen) atoms. The zero-order chi connectivity index (χ0) is 16.2. The van der Waals surface area contributed by atoms with Crippen molar-refractivity contribution >= 4 is 33.3 Å². The number of carbonyl (C=O) groups is 1. The van der Waals surface area contributed by atoms with Gasteiger partial charge in [-0.15, -0.1) is 0 Å². The van der Waals surface area contributed by atoms with Crippen molar-refractivity contribution in [2.45, 2.75) is 30.7 Å². The molecule has 1 rings (SSSR count). The number of aliphatic carboxylic acids is 1. The van der Waals surface area contributed by atoms with Gasteiger partial charge in [0.25, 0.3) is 5.69 Å². The largest absolute Gasteiger partial charge is 0.481 e. The Kier molecular flexibility index (Phi) is 5.64. The van der Waals surface area contributed by atoms with Crippen molar-refractivity contribution in [2.75, 3.05) is 0 Å². The van der Waals surface area contributed by atoms with Gasteiger partial charge in [-0.3, -0.25) is 14.9 Å². The highest BCUT2D eigenvalue weighted by Gasteiger charge is 2.28. The Morgan fingerprint density at radius 1 is 1.52 bits per heavy atom. The van der Waals surface area contributed by atoms with Crippen LogP contribution in [0.2, 0.25) is 5.02 Å². The van der Waals surface area contributed by atoms with Crippen molar-refractivity contribution < 1.29 is 23.2 Å². The quantitative estimate of drug-likeness (QED) is 0.577. The van der Waals surface area contributed by atoms with Gasteiger partial charge in [0, 0.05) is 17.1 Å². The van der Waals surface area contributed by atoms with Gasteiger partial charge < -0.3 is 5.11 Å². The summed E-state index contributed by atoms with van der Waals surface area (Å²) < 4.78 is 26.5. The topological polar surface area (TPSA) is 127 Å². The number of nitro groups is 1. The van der Waals surface area contributed by atoms with Crippen molar-refractivity contribution in [1.29, 1.82) is 0 Å². The van der Waals surface area contributed by atoms with E-state index in [1.54, 1.807) is 6.92 Å². The number of nitrogens with zero attached hydrogens (tertiary/aromatic N) is 1. The Morgan fingerprint density at radius 2 is 2.14 bits per heavy atom. The fraction of sp³-hybridized carbons (Fsp3) is 0.364. The molecule has 1 aromatic rings. The minimum Gasteiger partial charge on any atom is -0.481 e. The van der Waals surface area contributed by atoms with Crippen LogP contribution in [-0.2, 0) is 14.8 Å². The first-order valence-electron chi connectivity index (χ1n) is 5.85. The lowest BCUT2D eigenvalue weighted by atomic mass is 10.2. The SMILES string of the molecule is CCC(CC(=O)O)NS(=O)(=O)c1ccc(Cl)cc1[N+](=O)[O-]. The first-order valence-corrected chi connectivity index (χ1v) is 7.71. The highest BCUT2D eigenvalue weighted by Crippen LogP contribution is 2.27. The van der Waals surface area contributed by atoms with Crippen molar-refractivity contribution in [3.63, 3.8) is 0 Å². The lowest BCUT2D eigenvalue weighted by Crippen LogP contribution is -2.36.